The van der Waals surface area contributed by atoms with Gasteiger partial charge in [0.25, 0.3) is 0 Å². The molecule has 1 aromatic rings. The van der Waals surface area contributed by atoms with Crippen LogP contribution in [0.4, 0.5) is 4.39 Å². The van der Waals surface area contributed by atoms with E-state index in [2.05, 4.69) is 0 Å². The molecule has 3 nitrogen and oxygen atoms in total. The van der Waals surface area contributed by atoms with Gasteiger partial charge in [0.15, 0.2) is 5.78 Å². The maximum atomic E-state index is 13.5. The molecule has 4 heteroatoms. The van der Waals surface area contributed by atoms with Crippen molar-refractivity contribution >= 4 is 11.7 Å². The van der Waals surface area contributed by atoms with E-state index in [1.54, 1.807) is 12.1 Å². The number of ketones is 1. The first-order valence-corrected chi connectivity index (χ1v) is 5.58. The number of nitrogens with two attached hydrogens (primary N) is 1. The Hall–Kier alpha value is -1.71. The van der Waals surface area contributed by atoms with E-state index in [0.29, 0.717) is 19.3 Å². The van der Waals surface area contributed by atoms with Crippen LogP contribution in [0.1, 0.15) is 29.6 Å². The molecule has 1 amide bonds. The first kappa shape index (κ1) is 10.4. The molecule has 88 valence electrons. The minimum atomic E-state index is -0.517. The number of rotatable bonds is 3. The first-order chi connectivity index (χ1) is 7.99. The minimum absolute atomic E-state index is 0.130. The predicted molar refractivity (Wildman–Crippen MR) is 58.6 cm³/mol. The molecule has 0 aliphatic heterocycles. The zero-order chi connectivity index (χ0) is 12.3. The van der Waals surface area contributed by atoms with Crippen molar-refractivity contribution in [3.8, 4) is 0 Å². The van der Waals surface area contributed by atoms with Crippen molar-refractivity contribution in [3.63, 3.8) is 0 Å². The van der Waals surface area contributed by atoms with E-state index in [9.17, 15) is 14.0 Å². The van der Waals surface area contributed by atoms with Gasteiger partial charge in [0.1, 0.15) is 5.82 Å². The van der Waals surface area contributed by atoms with Crippen LogP contribution in [0.2, 0.25) is 0 Å². The number of hydrogen-bond acceptors (Lipinski definition) is 2. The highest BCUT2D eigenvalue weighted by Gasteiger charge is 2.74. The fourth-order valence-corrected chi connectivity index (χ4v) is 3.22. The lowest BCUT2D eigenvalue weighted by molar-refractivity contribution is -0.183. The standard InChI is InChI=1S/C13H12FNO2/c14-9-4-2-1-3-8(9)10(16)12-5-13(6-12,7-12)11(15)17/h1-4H,5-7H2,(H2,15,17). The number of halogens is 1. The smallest absolute Gasteiger partial charge is 0.223 e. The summed E-state index contributed by atoms with van der Waals surface area (Å²) in [7, 11) is 0. The summed E-state index contributed by atoms with van der Waals surface area (Å²) >= 11 is 0. The van der Waals surface area contributed by atoms with Crippen LogP contribution in [0.3, 0.4) is 0 Å². The van der Waals surface area contributed by atoms with E-state index in [4.69, 9.17) is 5.73 Å². The molecule has 3 aliphatic carbocycles. The van der Waals surface area contributed by atoms with E-state index in [-0.39, 0.29) is 17.3 Å². The highest BCUT2D eigenvalue weighted by Crippen LogP contribution is 2.74. The third kappa shape index (κ3) is 1.15. The van der Waals surface area contributed by atoms with Gasteiger partial charge in [-0.25, -0.2) is 4.39 Å². The van der Waals surface area contributed by atoms with Gasteiger partial charge in [0, 0.05) is 5.41 Å². The molecule has 0 saturated heterocycles. The van der Waals surface area contributed by atoms with E-state index in [1.165, 1.54) is 12.1 Å². The Labute approximate surface area is 97.8 Å². The van der Waals surface area contributed by atoms with Gasteiger partial charge in [-0.05, 0) is 31.4 Å². The predicted octanol–water partition coefficient (Wildman–Crippen LogP) is 1.66. The molecule has 0 atom stereocenters. The van der Waals surface area contributed by atoms with Gasteiger partial charge in [0.05, 0.1) is 11.0 Å². The van der Waals surface area contributed by atoms with Crippen LogP contribution in [0, 0.1) is 16.6 Å². The van der Waals surface area contributed by atoms with Crippen molar-refractivity contribution in [2.75, 3.05) is 0 Å². The molecular weight excluding hydrogens is 221 g/mol. The van der Waals surface area contributed by atoms with Crippen LogP contribution in [-0.4, -0.2) is 11.7 Å². The zero-order valence-electron chi connectivity index (χ0n) is 9.20. The number of benzene rings is 1. The Morgan fingerprint density at radius 1 is 1.12 bits per heavy atom. The maximum absolute atomic E-state index is 13.5. The second-order valence-electron chi connectivity index (χ2n) is 5.26. The zero-order valence-corrected chi connectivity index (χ0v) is 9.20. The quantitative estimate of drug-likeness (QED) is 0.807. The van der Waals surface area contributed by atoms with E-state index < -0.39 is 16.6 Å². The number of primary amides is 1. The molecule has 0 spiro atoms. The van der Waals surface area contributed by atoms with Gasteiger partial charge in [-0.2, -0.15) is 0 Å². The van der Waals surface area contributed by atoms with Crippen molar-refractivity contribution < 1.29 is 14.0 Å². The lowest BCUT2D eigenvalue weighted by atomic mass is 9.33. The number of hydrogen-bond donors (Lipinski definition) is 1. The number of amides is 1. The molecule has 4 rings (SSSR count). The van der Waals surface area contributed by atoms with E-state index in [1.807, 2.05) is 0 Å². The molecule has 3 saturated carbocycles. The highest BCUT2D eigenvalue weighted by molar-refractivity contribution is 6.05. The summed E-state index contributed by atoms with van der Waals surface area (Å²) < 4.78 is 13.5. The second kappa shape index (κ2) is 2.94. The molecule has 2 N–H and O–H groups in total. The highest BCUT2D eigenvalue weighted by atomic mass is 19.1. The number of Topliss-reactive ketones (excluding diaryl/α,β-unsaturated/α-hetero) is 1. The van der Waals surface area contributed by atoms with E-state index in [0.717, 1.165) is 0 Å². The number of carbonyl (C=O) groups excluding carboxylic acids is 2. The van der Waals surface area contributed by atoms with Crippen LogP contribution < -0.4 is 5.73 Å². The summed E-state index contributed by atoms with van der Waals surface area (Å²) in [4.78, 5) is 23.3. The summed E-state index contributed by atoms with van der Waals surface area (Å²) in [5, 5.41) is 0. The maximum Gasteiger partial charge on any atom is 0.223 e. The average Bonchev–Trinajstić information content (AvgIpc) is 2.13. The lowest BCUT2D eigenvalue weighted by Gasteiger charge is -2.67. The Morgan fingerprint density at radius 2 is 1.71 bits per heavy atom. The van der Waals surface area contributed by atoms with Crippen molar-refractivity contribution in [2.24, 2.45) is 16.6 Å². The normalized spacial score (nSPS) is 33.5. The average molecular weight is 233 g/mol. The second-order valence-corrected chi connectivity index (χ2v) is 5.26. The molecule has 3 aliphatic rings. The van der Waals surface area contributed by atoms with Gasteiger partial charge in [-0.15, -0.1) is 0 Å². The largest absolute Gasteiger partial charge is 0.369 e. The fourth-order valence-electron chi connectivity index (χ4n) is 3.22. The van der Waals surface area contributed by atoms with Crippen molar-refractivity contribution in [1.29, 1.82) is 0 Å². The molecule has 17 heavy (non-hydrogen) atoms. The Kier molecular flexibility index (Phi) is 1.81. The van der Waals surface area contributed by atoms with Crippen molar-refractivity contribution in [3.05, 3.63) is 35.6 Å². The van der Waals surface area contributed by atoms with Crippen LogP contribution in [0.25, 0.3) is 0 Å². The Morgan fingerprint density at radius 3 is 2.24 bits per heavy atom. The molecule has 1 aromatic carbocycles. The van der Waals surface area contributed by atoms with Crippen molar-refractivity contribution in [1.82, 2.24) is 0 Å². The molecule has 0 radical (unpaired) electrons. The van der Waals surface area contributed by atoms with Crippen LogP contribution >= 0.6 is 0 Å². The summed E-state index contributed by atoms with van der Waals surface area (Å²) in [6.07, 6.45) is 1.47. The molecule has 2 bridgehead atoms. The lowest BCUT2D eigenvalue weighted by Crippen LogP contribution is -2.70. The topological polar surface area (TPSA) is 60.2 Å². The van der Waals surface area contributed by atoms with Crippen LogP contribution in [0.15, 0.2) is 24.3 Å². The van der Waals surface area contributed by atoms with Crippen molar-refractivity contribution in [2.45, 2.75) is 19.3 Å². The molecular formula is C13H12FNO2. The molecule has 0 aromatic heterocycles. The molecule has 3 fully saturated rings. The summed E-state index contributed by atoms with van der Waals surface area (Å²) in [5.41, 5.74) is 4.42. The third-order valence-electron chi connectivity index (χ3n) is 4.15. The molecule has 0 unspecified atom stereocenters. The van der Waals surface area contributed by atoms with Gasteiger partial charge in [-0.1, -0.05) is 12.1 Å². The minimum Gasteiger partial charge on any atom is -0.369 e. The van der Waals surface area contributed by atoms with Crippen LogP contribution in [-0.2, 0) is 4.79 Å². The van der Waals surface area contributed by atoms with Gasteiger partial charge < -0.3 is 5.73 Å². The van der Waals surface area contributed by atoms with Crippen LogP contribution in [0.5, 0.6) is 0 Å². The SMILES string of the molecule is NC(=O)C12CC(C(=O)c3ccccc3F)(C1)C2. The first-order valence-electron chi connectivity index (χ1n) is 5.58. The summed E-state index contributed by atoms with van der Waals surface area (Å²) in [6.45, 7) is 0. The Bertz CT molecular complexity index is 518. The number of carbonyl (C=O) groups is 2. The summed E-state index contributed by atoms with van der Waals surface area (Å²) in [6, 6.07) is 5.97. The molecule has 0 heterocycles. The fraction of sp³-hybridized carbons (Fsp3) is 0.385. The van der Waals surface area contributed by atoms with E-state index >= 15 is 0 Å². The Balaban J connectivity index is 1.84. The summed E-state index contributed by atoms with van der Waals surface area (Å²) in [5.74, 6) is -1.00. The van der Waals surface area contributed by atoms with Gasteiger partial charge >= 0.3 is 0 Å². The van der Waals surface area contributed by atoms with Gasteiger partial charge in [0.2, 0.25) is 5.91 Å². The van der Waals surface area contributed by atoms with Gasteiger partial charge in [-0.3, -0.25) is 9.59 Å². The third-order valence-corrected chi connectivity index (χ3v) is 4.15. The monoisotopic (exact) mass is 233 g/mol.